The normalized spacial score (nSPS) is 12.6. The highest BCUT2D eigenvalue weighted by Gasteiger charge is 2.13. The van der Waals surface area contributed by atoms with Gasteiger partial charge in [0, 0.05) is 13.1 Å². The summed E-state index contributed by atoms with van der Waals surface area (Å²) in [6.45, 7) is 6.93. The lowest BCUT2D eigenvalue weighted by molar-refractivity contribution is 0.191. The third-order valence-electron chi connectivity index (χ3n) is 2.41. The van der Waals surface area contributed by atoms with Gasteiger partial charge in [0.1, 0.15) is 0 Å². The molecule has 4 nitrogen and oxygen atoms in total. The average Bonchev–Trinajstić information content (AvgIpc) is 2.31. The van der Waals surface area contributed by atoms with Gasteiger partial charge >= 0.3 is 0 Å². The van der Waals surface area contributed by atoms with Gasteiger partial charge in [0.2, 0.25) is 0 Å². The summed E-state index contributed by atoms with van der Waals surface area (Å²) < 4.78 is 12.0. The standard InChI is InChI=1S/C14H22BrNO3/c1-9(2)19-14-12(15)5-11(6-13(14)18-4)8-16-7-10(3)17/h5-6,9-10,16-17H,7-8H2,1-4H3. The van der Waals surface area contributed by atoms with Crippen LogP contribution in [0.1, 0.15) is 26.3 Å². The summed E-state index contributed by atoms with van der Waals surface area (Å²) in [5.41, 5.74) is 1.07. The van der Waals surface area contributed by atoms with E-state index < -0.39 is 0 Å². The van der Waals surface area contributed by atoms with Gasteiger partial charge in [0.15, 0.2) is 11.5 Å². The van der Waals surface area contributed by atoms with Crippen LogP contribution in [0.4, 0.5) is 0 Å². The van der Waals surface area contributed by atoms with Crippen LogP contribution in [0.2, 0.25) is 0 Å². The highest BCUT2D eigenvalue weighted by molar-refractivity contribution is 9.10. The average molecular weight is 332 g/mol. The number of aliphatic hydroxyl groups is 1. The van der Waals surface area contributed by atoms with Gasteiger partial charge < -0.3 is 19.9 Å². The Hall–Kier alpha value is -0.780. The van der Waals surface area contributed by atoms with Crippen molar-refractivity contribution < 1.29 is 14.6 Å². The van der Waals surface area contributed by atoms with Crippen LogP contribution in [-0.4, -0.2) is 31.0 Å². The molecular weight excluding hydrogens is 310 g/mol. The molecule has 1 aromatic rings. The Kier molecular flexibility index (Phi) is 6.62. The van der Waals surface area contributed by atoms with Gasteiger partial charge in [0.05, 0.1) is 23.8 Å². The molecular formula is C14H22BrNO3. The molecule has 0 fully saturated rings. The van der Waals surface area contributed by atoms with E-state index in [0.29, 0.717) is 18.8 Å². The Morgan fingerprint density at radius 1 is 1.32 bits per heavy atom. The Labute approximate surface area is 123 Å². The smallest absolute Gasteiger partial charge is 0.175 e. The van der Waals surface area contributed by atoms with Crippen molar-refractivity contribution in [2.24, 2.45) is 0 Å². The zero-order valence-electron chi connectivity index (χ0n) is 11.9. The van der Waals surface area contributed by atoms with E-state index in [-0.39, 0.29) is 12.2 Å². The molecule has 5 heteroatoms. The highest BCUT2D eigenvalue weighted by atomic mass is 79.9. The largest absolute Gasteiger partial charge is 0.493 e. The second kappa shape index (κ2) is 7.72. The molecule has 0 spiro atoms. The zero-order valence-corrected chi connectivity index (χ0v) is 13.5. The van der Waals surface area contributed by atoms with Crippen LogP contribution < -0.4 is 14.8 Å². The number of benzene rings is 1. The van der Waals surface area contributed by atoms with Crippen LogP contribution >= 0.6 is 15.9 Å². The van der Waals surface area contributed by atoms with Crippen molar-refractivity contribution in [2.45, 2.75) is 39.5 Å². The van der Waals surface area contributed by atoms with Gasteiger partial charge in [-0.05, 0) is 54.4 Å². The van der Waals surface area contributed by atoms with E-state index in [1.54, 1.807) is 14.0 Å². The van der Waals surface area contributed by atoms with Gasteiger partial charge in [-0.3, -0.25) is 0 Å². The van der Waals surface area contributed by atoms with E-state index in [1.807, 2.05) is 26.0 Å². The summed E-state index contributed by atoms with van der Waals surface area (Å²) in [6, 6.07) is 3.94. The third-order valence-corrected chi connectivity index (χ3v) is 3.00. The van der Waals surface area contributed by atoms with E-state index >= 15 is 0 Å². The van der Waals surface area contributed by atoms with Crippen molar-refractivity contribution in [3.8, 4) is 11.5 Å². The first-order valence-corrected chi connectivity index (χ1v) is 7.15. The van der Waals surface area contributed by atoms with E-state index in [0.717, 1.165) is 15.8 Å². The van der Waals surface area contributed by atoms with Crippen molar-refractivity contribution >= 4 is 15.9 Å². The molecule has 1 unspecified atom stereocenters. The van der Waals surface area contributed by atoms with E-state index in [9.17, 15) is 5.11 Å². The minimum absolute atomic E-state index is 0.0874. The van der Waals surface area contributed by atoms with Gasteiger partial charge in [-0.15, -0.1) is 0 Å². The number of halogens is 1. The van der Waals surface area contributed by atoms with Gasteiger partial charge in [-0.25, -0.2) is 0 Å². The SMILES string of the molecule is COc1cc(CNCC(C)O)cc(Br)c1OC(C)C. The molecule has 2 N–H and O–H groups in total. The second-order valence-electron chi connectivity index (χ2n) is 4.76. The molecule has 0 amide bonds. The number of aliphatic hydroxyl groups excluding tert-OH is 1. The Balaban J connectivity index is 2.83. The molecule has 0 aliphatic heterocycles. The van der Waals surface area contributed by atoms with Crippen molar-refractivity contribution in [3.63, 3.8) is 0 Å². The monoisotopic (exact) mass is 331 g/mol. The van der Waals surface area contributed by atoms with Gasteiger partial charge in [0.25, 0.3) is 0 Å². The molecule has 0 aromatic heterocycles. The lowest BCUT2D eigenvalue weighted by atomic mass is 10.2. The molecule has 19 heavy (non-hydrogen) atoms. The van der Waals surface area contributed by atoms with Crippen LogP contribution in [-0.2, 0) is 6.54 Å². The Morgan fingerprint density at radius 2 is 2.00 bits per heavy atom. The van der Waals surface area contributed by atoms with Crippen LogP contribution in [0.15, 0.2) is 16.6 Å². The summed E-state index contributed by atoms with van der Waals surface area (Å²) in [7, 11) is 1.63. The number of nitrogens with one attached hydrogen (secondary N) is 1. The number of hydrogen-bond acceptors (Lipinski definition) is 4. The first kappa shape index (κ1) is 16.3. The summed E-state index contributed by atoms with van der Waals surface area (Å²) >= 11 is 3.51. The van der Waals surface area contributed by atoms with E-state index in [2.05, 4.69) is 21.2 Å². The van der Waals surface area contributed by atoms with Crippen LogP contribution in [0.5, 0.6) is 11.5 Å². The fourth-order valence-electron chi connectivity index (χ4n) is 1.65. The Morgan fingerprint density at radius 3 is 2.53 bits per heavy atom. The number of hydrogen-bond donors (Lipinski definition) is 2. The molecule has 0 radical (unpaired) electrons. The quantitative estimate of drug-likeness (QED) is 0.806. The molecule has 1 aromatic carbocycles. The van der Waals surface area contributed by atoms with Crippen LogP contribution in [0, 0.1) is 0 Å². The lowest BCUT2D eigenvalue weighted by Crippen LogP contribution is -2.23. The summed E-state index contributed by atoms with van der Waals surface area (Å²) in [5, 5.41) is 12.4. The Bertz CT molecular complexity index is 408. The van der Waals surface area contributed by atoms with E-state index in [1.165, 1.54) is 0 Å². The maximum absolute atomic E-state index is 9.21. The van der Waals surface area contributed by atoms with Crippen LogP contribution in [0.25, 0.3) is 0 Å². The topological polar surface area (TPSA) is 50.7 Å². The first-order valence-electron chi connectivity index (χ1n) is 6.36. The molecule has 0 saturated heterocycles. The molecule has 108 valence electrons. The van der Waals surface area contributed by atoms with Crippen LogP contribution in [0.3, 0.4) is 0 Å². The third kappa shape index (κ3) is 5.38. The number of ether oxygens (including phenoxy) is 2. The first-order chi connectivity index (χ1) is 8.93. The maximum atomic E-state index is 9.21. The minimum atomic E-state index is -0.353. The van der Waals surface area contributed by atoms with Crippen molar-refractivity contribution in [1.29, 1.82) is 0 Å². The molecule has 0 heterocycles. The van der Waals surface area contributed by atoms with Crippen molar-refractivity contribution in [2.75, 3.05) is 13.7 Å². The molecule has 0 saturated carbocycles. The van der Waals surface area contributed by atoms with E-state index in [4.69, 9.17) is 9.47 Å². The van der Waals surface area contributed by atoms with Crippen molar-refractivity contribution in [1.82, 2.24) is 5.32 Å². The molecule has 1 rings (SSSR count). The maximum Gasteiger partial charge on any atom is 0.175 e. The number of rotatable bonds is 7. The molecule has 0 aliphatic rings. The van der Waals surface area contributed by atoms with Gasteiger partial charge in [-0.1, -0.05) is 0 Å². The predicted molar refractivity (Wildman–Crippen MR) is 79.8 cm³/mol. The molecule has 0 bridgehead atoms. The summed E-state index contributed by atoms with van der Waals surface area (Å²) in [5.74, 6) is 1.42. The highest BCUT2D eigenvalue weighted by Crippen LogP contribution is 2.37. The number of methoxy groups -OCH3 is 1. The zero-order chi connectivity index (χ0) is 14.4. The molecule has 1 atom stereocenters. The molecule has 0 aliphatic carbocycles. The second-order valence-corrected chi connectivity index (χ2v) is 5.61. The fraction of sp³-hybridized carbons (Fsp3) is 0.571. The minimum Gasteiger partial charge on any atom is -0.493 e. The van der Waals surface area contributed by atoms with Gasteiger partial charge in [-0.2, -0.15) is 0 Å². The summed E-state index contributed by atoms with van der Waals surface area (Å²) in [6.07, 6.45) is -0.265. The fourth-order valence-corrected chi connectivity index (χ4v) is 2.23. The summed E-state index contributed by atoms with van der Waals surface area (Å²) in [4.78, 5) is 0. The lowest BCUT2D eigenvalue weighted by Gasteiger charge is -2.17. The van der Waals surface area contributed by atoms with Crippen molar-refractivity contribution in [3.05, 3.63) is 22.2 Å². The predicted octanol–water partition coefficient (Wildman–Crippen LogP) is 2.72.